The van der Waals surface area contributed by atoms with Crippen molar-refractivity contribution in [3.8, 4) is 0 Å². The van der Waals surface area contributed by atoms with Crippen LogP contribution in [0.1, 0.15) is 0 Å². The Bertz CT molecular complexity index is 232. The van der Waals surface area contributed by atoms with Crippen LogP contribution in [0, 0.1) is 5.82 Å². The number of hydrogen-bond acceptors (Lipinski definition) is 1. The molecule has 52 valence electrons. The molecule has 0 unspecified atom stereocenters. The first kappa shape index (κ1) is 6.81. The van der Waals surface area contributed by atoms with Crippen molar-refractivity contribution in [1.82, 2.24) is 0 Å². The van der Waals surface area contributed by atoms with Gasteiger partial charge in [0.05, 0.1) is 0 Å². The molecule has 1 N–H and O–H groups in total. The molecule has 1 aromatic rings. The van der Waals surface area contributed by atoms with Gasteiger partial charge in [-0.05, 0) is 24.4 Å². The van der Waals surface area contributed by atoms with Gasteiger partial charge in [-0.15, -0.1) is 0 Å². The Morgan fingerprint density at radius 1 is 1.50 bits per heavy atom. The lowest BCUT2D eigenvalue weighted by atomic mass is 10.3. The average molecular weight is 137 g/mol. The van der Waals surface area contributed by atoms with Crippen molar-refractivity contribution >= 4 is 5.69 Å². The monoisotopic (exact) mass is 137 g/mol. The summed E-state index contributed by atoms with van der Waals surface area (Å²) in [5.74, 6) is -0.244. The van der Waals surface area contributed by atoms with Crippen LogP contribution in [-0.2, 0) is 0 Å². The Hall–Kier alpha value is -1.31. The summed E-state index contributed by atoms with van der Waals surface area (Å²) in [4.78, 5) is 0. The number of benzene rings is 1. The standard InChI is InChI=1S/C8H8FN/c1-2-10-8-5-3-4-7(9)6-8/h2-6,10H,1H2. The molecule has 0 saturated heterocycles. The normalized spacial score (nSPS) is 8.90. The number of hydrogen-bond donors (Lipinski definition) is 1. The maximum atomic E-state index is 12.4. The lowest BCUT2D eigenvalue weighted by molar-refractivity contribution is 0.628. The molecule has 0 saturated carbocycles. The second-order valence-corrected chi connectivity index (χ2v) is 1.86. The number of nitrogens with one attached hydrogen (secondary N) is 1. The van der Waals surface area contributed by atoms with Crippen LogP contribution in [-0.4, -0.2) is 0 Å². The lowest BCUT2D eigenvalue weighted by Crippen LogP contribution is -1.85. The Balaban J connectivity index is 2.84. The summed E-state index contributed by atoms with van der Waals surface area (Å²) < 4.78 is 12.4. The Morgan fingerprint density at radius 3 is 2.90 bits per heavy atom. The Morgan fingerprint density at radius 2 is 2.30 bits per heavy atom. The summed E-state index contributed by atoms with van der Waals surface area (Å²) in [6.45, 7) is 3.45. The molecule has 0 spiro atoms. The summed E-state index contributed by atoms with van der Waals surface area (Å²) in [5.41, 5.74) is 0.718. The quantitative estimate of drug-likeness (QED) is 0.659. The van der Waals surface area contributed by atoms with Gasteiger partial charge in [-0.25, -0.2) is 4.39 Å². The minimum absolute atomic E-state index is 0.244. The summed E-state index contributed by atoms with van der Waals surface area (Å²) >= 11 is 0. The van der Waals surface area contributed by atoms with Crippen molar-refractivity contribution in [2.75, 3.05) is 5.32 Å². The van der Waals surface area contributed by atoms with E-state index in [0.717, 1.165) is 5.69 Å². The molecule has 0 amide bonds. The first-order chi connectivity index (χ1) is 4.83. The highest BCUT2D eigenvalue weighted by Gasteiger charge is 1.89. The molecule has 0 aliphatic heterocycles. The second kappa shape index (κ2) is 3.01. The van der Waals surface area contributed by atoms with Gasteiger partial charge in [0.25, 0.3) is 0 Å². The van der Waals surface area contributed by atoms with E-state index in [1.54, 1.807) is 12.1 Å². The van der Waals surface area contributed by atoms with Gasteiger partial charge in [0.15, 0.2) is 0 Å². The van der Waals surface area contributed by atoms with Crippen LogP contribution in [0.4, 0.5) is 10.1 Å². The van der Waals surface area contributed by atoms with Crippen molar-refractivity contribution in [1.29, 1.82) is 0 Å². The fourth-order valence-electron chi connectivity index (χ4n) is 0.696. The molecule has 0 atom stereocenters. The number of anilines is 1. The van der Waals surface area contributed by atoms with E-state index in [1.165, 1.54) is 18.3 Å². The molecular formula is C8H8FN. The van der Waals surface area contributed by atoms with Crippen LogP contribution >= 0.6 is 0 Å². The molecular weight excluding hydrogens is 129 g/mol. The van der Waals surface area contributed by atoms with Gasteiger partial charge in [0, 0.05) is 5.69 Å². The number of halogens is 1. The SMILES string of the molecule is C=CNc1cccc(F)c1. The molecule has 1 nitrogen and oxygen atoms in total. The lowest BCUT2D eigenvalue weighted by Gasteiger charge is -1.97. The van der Waals surface area contributed by atoms with Crippen molar-refractivity contribution in [2.45, 2.75) is 0 Å². The van der Waals surface area contributed by atoms with Gasteiger partial charge in [0.1, 0.15) is 5.82 Å². The summed E-state index contributed by atoms with van der Waals surface area (Å²) in [5, 5.41) is 2.77. The van der Waals surface area contributed by atoms with Crippen LogP contribution in [0.2, 0.25) is 0 Å². The van der Waals surface area contributed by atoms with Gasteiger partial charge >= 0.3 is 0 Å². The van der Waals surface area contributed by atoms with E-state index >= 15 is 0 Å². The predicted octanol–water partition coefficient (Wildman–Crippen LogP) is 2.38. The molecule has 0 fully saturated rings. The van der Waals surface area contributed by atoms with Crippen molar-refractivity contribution in [2.24, 2.45) is 0 Å². The topological polar surface area (TPSA) is 12.0 Å². The average Bonchev–Trinajstić information content (AvgIpc) is 1.88. The maximum Gasteiger partial charge on any atom is 0.125 e. The molecule has 1 aromatic carbocycles. The second-order valence-electron chi connectivity index (χ2n) is 1.86. The van der Waals surface area contributed by atoms with Crippen molar-refractivity contribution < 1.29 is 4.39 Å². The maximum absolute atomic E-state index is 12.4. The third-order valence-electron chi connectivity index (χ3n) is 1.09. The Kier molecular flexibility index (Phi) is 2.05. The molecule has 0 bridgehead atoms. The first-order valence-corrected chi connectivity index (χ1v) is 2.96. The zero-order chi connectivity index (χ0) is 7.40. The van der Waals surface area contributed by atoms with E-state index in [1.807, 2.05) is 0 Å². The van der Waals surface area contributed by atoms with E-state index in [4.69, 9.17) is 0 Å². The molecule has 2 heteroatoms. The molecule has 0 heterocycles. The van der Waals surface area contributed by atoms with Gasteiger partial charge < -0.3 is 5.32 Å². The molecule has 0 aliphatic rings. The predicted molar refractivity (Wildman–Crippen MR) is 40.2 cm³/mol. The highest BCUT2D eigenvalue weighted by Crippen LogP contribution is 2.07. The molecule has 1 rings (SSSR count). The minimum atomic E-state index is -0.244. The van der Waals surface area contributed by atoms with Crippen LogP contribution in [0.3, 0.4) is 0 Å². The summed E-state index contributed by atoms with van der Waals surface area (Å²) in [7, 11) is 0. The van der Waals surface area contributed by atoms with Crippen molar-refractivity contribution in [3.63, 3.8) is 0 Å². The van der Waals surface area contributed by atoms with Crippen molar-refractivity contribution in [3.05, 3.63) is 42.9 Å². The zero-order valence-corrected chi connectivity index (χ0v) is 5.47. The van der Waals surface area contributed by atoms with Gasteiger partial charge in [-0.1, -0.05) is 12.6 Å². The molecule has 0 aliphatic carbocycles. The van der Waals surface area contributed by atoms with E-state index in [9.17, 15) is 4.39 Å². The highest BCUT2D eigenvalue weighted by atomic mass is 19.1. The third-order valence-corrected chi connectivity index (χ3v) is 1.09. The smallest absolute Gasteiger partial charge is 0.125 e. The van der Waals surface area contributed by atoms with Crippen LogP contribution in [0.15, 0.2) is 37.0 Å². The minimum Gasteiger partial charge on any atom is -0.362 e. The van der Waals surface area contributed by atoms with Crippen LogP contribution in [0.5, 0.6) is 0 Å². The van der Waals surface area contributed by atoms with Gasteiger partial charge in [-0.3, -0.25) is 0 Å². The van der Waals surface area contributed by atoms with Crippen LogP contribution < -0.4 is 5.32 Å². The Labute approximate surface area is 59.2 Å². The zero-order valence-electron chi connectivity index (χ0n) is 5.47. The molecule has 10 heavy (non-hydrogen) atoms. The van der Waals surface area contributed by atoms with Crippen LogP contribution in [0.25, 0.3) is 0 Å². The van der Waals surface area contributed by atoms with Gasteiger partial charge in [-0.2, -0.15) is 0 Å². The first-order valence-electron chi connectivity index (χ1n) is 2.96. The largest absolute Gasteiger partial charge is 0.362 e. The van der Waals surface area contributed by atoms with Gasteiger partial charge in [0.2, 0.25) is 0 Å². The molecule has 0 radical (unpaired) electrons. The van der Waals surface area contributed by atoms with E-state index in [2.05, 4.69) is 11.9 Å². The third kappa shape index (κ3) is 1.58. The number of rotatable bonds is 2. The highest BCUT2D eigenvalue weighted by molar-refractivity contribution is 5.44. The van der Waals surface area contributed by atoms with E-state index in [-0.39, 0.29) is 5.82 Å². The van der Waals surface area contributed by atoms with E-state index < -0.39 is 0 Å². The fourth-order valence-corrected chi connectivity index (χ4v) is 0.696. The summed E-state index contributed by atoms with van der Waals surface area (Å²) in [6, 6.07) is 6.21. The van der Waals surface area contributed by atoms with E-state index in [0.29, 0.717) is 0 Å². The summed E-state index contributed by atoms with van der Waals surface area (Å²) in [6.07, 6.45) is 1.51. The molecule has 0 aromatic heterocycles. The fraction of sp³-hybridized carbons (Fsp3) is 0.